The van der Waals surface area contributed by atoms with E-state index in [1.807, 2.05) is 6.07 Å². The van der Waals surface area contributed by atoms with Gasteiger partial charge in [0.05, 0.1) is 21.8 Å². The Balaban J connectivity index is 1.69. The predicted octanol–water partition coefficient (Wildman–Crippen LogP) is 4.77. The molecule has 0 saturated heterocycles. The van der Waals surface area contributed by atoms with Crippen LogP contribution >= 0.6 is 22.6 Å². The van der Waals surface area contributed by atoms with E-state index < -0.39 is 4.92 Å². The summed E-state index contributed by atoms with van der Waals surface area (Å²) in [5, 5.41) is 14.7. The highest BCUT2D eigenvalue weighted by atomic mass is 127. The molecule has 1 heterocycles. The van der Waals surface area contributed by atoms with Gasteiger partial charge in [-0.1, -0.05) is 12.1 Å². The van der Waals surface area contributed by atoms with Crippen LogP contribution < -0.4 is 14.9 Å². The molecule has 1 N–H and O–H groups in total. The molecule has 3 rings (SSSR count). The molecule has 0 saturated carbocycles. The first-order valence-corrected chi connectivity index (χ1v) is 9.68. The molecule has 8 nitrogen and oxygen atoms in total. The van der Waals surface area contributed by atoms with Gasteiger partial charge in [0.2, 0.25) is 0 Å². The lowest BCUT2D eigenvalue weighted by atomic mass is 10.2. The molecule has 0 bridgehead atoms. The molecular formula is C20H16FIN4O4. The summed E-state index contributed by atoms with van der Waals surface area (Å²) in [4.78, 5) is 14.0. The third-order valence-electron chi connectivity index (χ3n) is 3.88. The van der Waals surface area contributed by atoms with Gasteiger partial charge in [0, 0.05) is 6.07 Å². The Morgan fingerprint density at radius 3 is 2.80 bits per heavy atom. The van der Waals surface area contributed by atoms with Crippen molar-refractivity contribution in [3.63, 3.8) is 0 Å². The van der Waals surface area contributed by atoms with Crippen LogP contribution in [-0.4, -0.2) is 23.2 Å². The molecule has 1 aromatic heterocycles. The van der Waals surface area contributed by atoms with Crippen molar-refractivity contribution in [3.8, 4) is 11.5 Å². The van der Waals surface area contributed by atoms with Crippen molar-refractivity contribution < 1.29 is 18.8 Å². The maximum absolute atomic E-state index is 13.3. The number of ether oxygens (including phenoxy) is 2. The van der Waals surface area contributed by atoms with E-state index in [0.29, 0.717) is 22.9 Å². The summed E-state index contributed by atoms with van der Waals surface area (Å²) < 4.78 is 25.4. The van der Waals surface area contributed by atoms with Crippen LogP contribution in [0.2, 0.25) is 0 Å². The van der Waals surface area contributed by atoms with E-state index in [-0.39, 0.29) is 18.1 Å². The molecule has 3 aromatic rings. The van der Waals surface area contributed by atoms with Crippen molar-refractivity contribution in [2.24, 2.45) is 5.10 Å². The highest BCUT2D eigenvalue weighted by Crippen LogP contribution is 2.34. The number of hydrogen-bond donors (Lipinski definition) is 1. The number of anilines is 1. The van der Waals surface area contributed by atoms with Crippen LogP contribution in [0.5, 0.6) is 11.5 Å². The number of hydrazone groups is 1. The van der Waals surface area contributed by atoms with Crippen molar-refractivity contribution in [2.75, 3.05) is 12.5 Å². The minimum atomic E-state index is -0.522. The fourth-order valence-corrected chi connectivity index (χ4v) is 3.25. The fraction of sp³-hybridized carbons (Fsp3) is 0.100. The number of rotatable bonds is 8. The summed E-state index contributed by atoms with van der Waals surface area (Å²) in [5.41, 5.74) is 4.06. The number of hydrogen-bond acceptors (Lipinski definition) is 7. The van der Waals surface area contributed by atoms with Crippen molar-refractivity contribution in [3.05, 3.63) is 85.4 Å². The third-order valence-corrected chi connectivity index (χ3v) is 4.68. The van der Waals surface area contributed by atoms with E-state index in [2.05, 4.69) is 38.1 Å². The zero-order valence-corrected chi connectivity index (χ0v) is 17.9. The zero-order valence-electron chi connectivity index (χ0n) is 15.7. The van der Waals surface area contributed by atoms with Crippen LogP contribution in [0.15, 0.2) is 59.8 Å². The van der Waals surface area contributed by atoms with Crippen LogP contribution in [0.4, 0.5) is 15.9 Å². The Hall–Kier alpha value is -3.28. The van der Waals surface area contributed by atoms with Gasteiger partial charge in [-0.3, -0.25) is 15.5 Å². The van der Waals surface area contributed by atoms with Gasteiger partial charge >= 0.3 is 0 Å². The van der Waals surface area contributed by atoms with E-state index >= 15 is 0 Å². The minimum Gasteiger partial charge on any atom is -0.493 e. The van der Waals surface area contributed by atoms with Crippen molar-refractivity contribution in [1.82, 2.24) is 4.98 Å². The highest BCUT2D eigenvalue weighted by molar-refractivity contribution is 14.1. The summed E-state index contributed by atoms with van der Waals surface area (Å²) in [6.45, 7) is 0.199. The quantitative estimate of drug-likeness (QED) is 0.198. The topological polar surface area (TPSA) is 98.9 Å². The Bertz CT molecular complexity index is 1080. The van der Waals surface area contributed by atoms with Gasteiger partial charge in [-0.2, -0.15) is 5.10 Å². The van der Waals surface area contributed by atoms with Gasteiger partial charge in [0.1, 0.15) is 24.4 Å². The van der Waals surface area contributed by atoms with Gasteiger partial charge in [-0.05, 0) is 64.0 Å². The second-order valence-corrected chi connectivity index (χ2v) is 7.14. The van der Waals surface area contributed by atoms with Crippen LogP contribution in [0.3, 0.4) is 0 Å². The normalized spacial score (nSPS) is 10.8. The third kappa shape index (κ3) is 5.63. The molecule has 0 aliphatic heterocycles. The van der Waals surface area contributed by atoms with Gasteiger partial charge in [0.25, 0.3) is 5.69 Å². The zero-order chi connectivity index (χ0) is 21.5. The molecule has 2 aromatic carbocycles. The molecule has 0 atom stereocenters. The number of benzene rings is 2. The summed E-state index contributed by atoms with van der Waals surface area (Å²) in [5.74, 6) is 1.10. The highest BCUT2D eigenvalue weighted by Gasteiger charge is 2.12. The van der Waals surface area contributed by atoms with Gasteiger partial charge in [0.15, 0.2) is 11.5 Å². The molecule has 0 amide bonds. The van der Waals surface area contributed by atoms with Gasteiger partial charge in [-0.15, -0.1) is 0 Å². The van der Waals surface area contributed by atoms with Gasteiger partial charge < -0.3 is 9.47 Å². The maximum Gasteiger partial charge on any atom is 0.287 e. The standard InChI is InChI=1S/C20H16FIN4O4/c1-29-18-9-14(10-24-25-19-6-5-16(11-23-19)26(27)28)8-17(22)20(18)30-12-13-3-2-4-15(21)7-13/h2-11H,12H2,1H3,(H,23,25)/b24-10+. The van der Waals surface area contributed by atoms with E-state index in [9.17, 15) is 14.5 Å². The summed E-state index contributed by atoms with van der Waals surface area (Å²) in [6.07, 6.45) is 2.71. The number of methoxy groups -OCH3 is 1. The Morgan fingerprint density at radius 2 is 2.13 bits per heavy atom. The lowest BCUT2D eigenvalue weighted by Gasteiger charge is -2.13. The van der Waals surface area contributed by atoms with Crippen LogP contribution in [0, 0.1) is 19.5 Å². The lowest BCUT2D eigenvalue weighted by Crippen LogP contribution is -2.01. The molecule has 0 fully saturated rings. The lowest BCUT2D eigenvalue weighted by molar-refractivity contribution is -0.385. The summed E-state index contributed by atoms with van der Waals surface area (Å²) in [7, 11) is 1.53. The van der Waals surface area contributed by atoms with E-state index in [4.69, 9.17) is 9.47 Å². The first kappa shape index (κ1) is 21.4. The summed E-state index contributed by atoms with van der Waals surface area (Å²) >= 11 is 2.12. The van der Waals surface area contributed by atoms with E-state index in [1.54, 1.807) is 24.4 Å². The van der Waals surface area contributed by atoms with Crippen molar-refractivity contribution >= 4 is 40.3 Å². The van der Waals surface area contributed by atoms with E-state index in [1.165, 1.54) is 31.4 Å². The number of halogens is 2. The fourth-order valence-electron chi connectivity index (χ4n) is 2.47. The number of nitrogens with zero attached hydrogens (tertiary/aromatic N) is 3. The van der Waals surface area contributed by atoms with Crippen LogP contribution in [-0.2, 0) is 6.61 Å². The molecule has 30 heavy (non-hydrogen) atoms. The average molecular weight is 522 g/mol. The van der Waals surface area contributed by atoms with Crippen LogP contribution in [0.1, 0.15) is 11.1 Å². The molecule has 154 valence electrons. The van der Waals surface area contributed by atoms with Crippen LogP contribution in [0.25, 0.3) is 0 Å². The number of aromatic nitrogens is 1. The molecule has 0 spiro atoms. The molecule has 0 radical (unpaired) electrons. The minimum absolute atomic E-state index is 0.0994. The largest absolute Gasteiger partial charge is 0.493 e. The smallest absolute Gasteiger partial charge is 0.287 e. The van der Waals surface area contributed by atoms with Crippen molar-refractivity contribution in [2.45, 2.75) is 6.61 Å². The molecular weight excluding hydrogens is 506 g/mol. The summed E-state index contributed by atoms with van der Waals surface area (Å²) in [6, 6.07) is 12.6. The SMILES string of the molecule is COc1cc(/C=N/Nc2ccc([N+](=O)[O-])cn2)cc(I)c1OCc1cccc(F)c1. The predicted molar refractivity (Wildman–Crippen MR) is 119 cm³/mol. The Kier molecular flexibility index (Phi) is 7.12. The molecule has 0 aliphatic carbocycles. The number of pyridine rings is 1. The van der Waals surface area contributed by atoms with Gasteiger partial charge in [-0.25, -0.2) is 9.37 Å². The molecule has 0 aliphatic rings. The number of nitrogens with one attached hydrogen (secondary N) is 1. The first-order valence-electron chi connectivity index (χ1n) is 8.60. The average Bonchev–Trinajstić information content (AvgIpc) is 2.73. The second kappa shape index (κ2) is 9.96. The Labute approximate surface area is 185 Å². The second-order valence-electron chi connectivity index (χ2n) is 5.98. The molecule has 0 unspecified atom stereocenters. The first-order chi connectivity index (χ1) is 14.5. The number of nitro groups is 1. The Morgan fingerprint density at radius 1 is 1.30 bits per heavy atom. The molecule has 10 heteroatoms. The van der Waals surface area contributed by atoms with E-state index in [0.717, 1.165) is 15.3 Å². The van der Waals surface area contributed by atoms with Crippen molar-refractivity contribution in [1.29, 1.82) is 0 Å². The maximum atomic E-state index is 13.3. The monoisotopic (exact) mass is 522 g/mol.